The number of fused-ring (bicyclic) bond motifs is 4. The predicted octanol–water partition coefficient (Wildman–Crippen LogP) is 24.6. The molecule has 0 bridgehead atoms. The highest BCUT2D eigenvalue weighted by molar-refractivity contribution is 6.52. The molecule has 0 heterocycles. The van der Waals surface area contributed by atoms with Crippen molar-refractivity contribution in [2.45, 2.75) is 144 Å². The van der Waals surface area contributed by atoms with E-state index in [1.807, 2.05) is 0 Å². The van der Waals surface area contributed by atoms with Gasteiger partial charge in [-0.15, -0.1) is 0 Å². The van der Waals surface area contributed by atoms with Crippen LogP contribution in [-0.2, 0) is 77.2 Å². The van der Waals surface area contributed by atoms with Crippen molar-refractivity contribution in [3.8, 4) is 0 Å². The maximum absolute atomic E-state index is 13.3. The lowest BCUT2D eigenvalue weighted by Crippen LogP contribution is -2.40. The third kappa shape index (κ3) is 4.24. The molecule has 18 atom stereocenters. The SMILES string of the molecule is COC(=O)CCCC1(c2ccccc2)C23c4c5c6c7c8c4c4c2c2c9c%10c%11cc%12c9c9c%13c2c2c%14c%15c%16c(cc(c8c%16c24)C7C=CC6=C2C=CC%11C(C25)C%1013)CC%15=CC(C=C9C%12)C%13%14.COC(=O)CCCC1(c2ccccc2)C23c4c5c6c7c8c4c4c2c2c9c%10c%11cc%12c9c9c%13c2c2c%14c%15c%16c(cc(c8c%16c24)C7C=CC6=C2C=CC%11C(C25)C%1013)CC%15=CC(C=C9C%12)C%13%14. The summed E-state index contributed by atoms with van der Waals surface area (Å²) in [6.45, 7) is 0. The standard InChI is InChI=1S/2C60H32O2/c2*1-62-32(61)8-5-13-58(25-6-3-2-4-7-25)59-54-29-12-11-27-26-9-10-28-30-18-23-16-20-14-22-15-21-17-24-19-31(29)55(59)49-36(24)34(21)43-37(22)42-33(20)35(23)44-40(30)45-38(28)39(26)50(41(27)54)56-51(45)53-48(44)46(42)47(43)52(49)57(53)60(56,58)59/h2*2-4,6-7,9-12,14-15,18-19,22,28-29,37,41,54H,5,8,13,16-17H2,1H3. The summed E-state index contributed by atoms with van der Waals surface area (Å²) in [7, 11) is 3.15. The molecule has 44 rings (SSSR count). The summed E-state index contributed by atoms with van der Waals surface area (Å²) < 4.78 is 10.9. The van der Waals surface area contributed by atoms with Crippen LogP contribution in [0.25, 0.3) is 163 Å². The van der Waals surface area contributed by atoms with Gasteiger partial charge >= 0.3 is 11.9 Å². The zero-order chi connectivity index (χ0) is 77.7. The summed E-state index contributed by atoms with van der Waals surface area (Å²) in [5, 5.41) is 39.6. The molecular formula is C120H64O4. The maximum atomic E-state index is 13.3. The number of carbonyl (C=O) groups is 2. The molecule has 16 aromatic rings. The molecule has 2 saturated carbocycles. The average Bonchev–Trinajstić information content (AvgIpc) is 1.37. The number of carbonyl (C=O) groups excluding carboxylic acids is 2. The zero-order valence-corrected chi connectivity index (χ0v) is 67.6. The van der Waals surface area contributed by atoms with E-state index in [1.54, 1.807) is 333 Å². The molecule has 4 nitrogen and oxygen atoms in total. The Balaban J connectivity index is 0.000000101. The van der Waals surface area contributed by atoms with Crippen LogP contribution in [0.2, 0.25) is 0 Å². The van der Waals surface area contributed by atoms with Gasteiger partial charge in [0.25, 0.3) is 0 Å². The first-order valence-electron chi connectivity index (χ1n) is 47.4. The number of rotatable bonds is 10. The third-order valence-electron chi connectivity index (χ3n) is 43.1. The van der Waals surface area contributed by atoms with Crippen LogP contribution in [0.15, 0.2) is 169 Å². The topological polar surface area (TPSA) is 52.6 Å². The molecule has 568 valence electrons. The summed E-state index contributed by atoms with van der Waals surface area (Å²) in [5.41, 5.74) is 61.4. The van der Waals surface area contributed by atoms with E-state index in [1.165, 1.54) is 22.3 Å². The minimum atomic E-state index is -0.221. The molecule has 0 amide bonds. The lowest BCUT2D eigenvalue weighted by atomic mass is 9.57. The van der Waals surface area contributed by atoms with Crippen molar-refractivity contribution >= 4 is 175 Å². The number of ether oxygens (including phenoxy) is 2. The summed E-state index contributed by atoms with van der Waals surface area (Å²) in [4.78, 5) is 26.6. The highest BCUT2D eigenvalue weighted by atomic mass is 16.5. The van der Waals surface area contributed by atoms with Gasteiger partial charge in [-0.2, -0.15) is 0 Å². The Hall–Kier alpha value is -12.5. The van der Waals surface area contributed by atoms with Crippen LogP contribution in [0, 0.1) is 23.7 Å². The van der Waals surface area contributed by atoms with Gasteiger partial charge in [-0.25, -0.2) is 0 Å². The lowest BCUT2D eigenvalue weighted by molar-refractivity contribution is -0.141. The number of allylic oxidation sites excluding steroid dienone is 20. The summed E-state index contributed by atoms with van der Waals surface area (Å²) in [6.07, 6.45) is 41.1. The molecule has 0 saturated heterocycles. The Labute approximate surface area is 706 Å². The Morgan fingerprint density at radius 3 is 1.10 bits per heavy atom. The van der Waals surface area contributed by atoms with Gasteiger partial charge in [-0.3, -0.25) is 9.59 Å². The van der Waals surface area contributed by atoms with E-state index < -0.39 is 0 Å². The number of esters is 2. The van der Waals surface area contributed by atoms with Crippen LogP contribution < -0.4 is 0 Å². The number of hydrogen-bond donors (Lipinski definition) is 0. The van der Waals surface area contributed by atoms with E-state index in [2.05, 4.69) is 158 Å². The first kappa shape index (κ1) is 57.8. The maximum Gasteiger partial charge on any atom is 0.305 e. The van der Waals surface area contributed by atoms with E-state index in [9.17, 15) is 9.59 Å². The van der Waals surface area contributed by atoms with Crippen molar-refractivity contribution in [1.29, 1.82) is 0 Å². The van der Waals surface area contributed by atoms with E-state index in [0.29, 0.717) is 83.9 Å². The van der Waals surface area contributed by atoms with Gasteiger partial charge in [-0.1, -0.05) is 158 Å². The van der Waals surface area contributed by atoms with E-state index in [-0.39, 0.29) is 44.4 Å². The molecule has 124 heavy (non-hydrogen) atoms. The quantitative estimate of drug-likeness (QED) is 0.0778. The van der Waals surface area contributed by atoms with Crippen molar-refractivity contribution in [2.24, 2.45) is 23.7 Å². The van der Waals surface area contributed by atoms with Crippen molar-refractivity contribution < 1.29 is 19.1 Å². The van der Waals surface area contributed by atoms with Gasteiger partial charge in [0.1, 0.15) is 0 Å². The molecule has 16 aromatic carbocycles. The molecule has 28 aliphatic rings. The van der Waals surface area contributed by atoms with Gasteiger partial charge in [0, 0.05) is 105 Å². The van der Waals surface area contributed by atoms with Crippen LogP contribution in [0.1, 0.15) is 253 Å². The van der Waals surface area contributed by atoms with Crippen molar-refractivity contribution in [1.82, 2.24) is 0 Å². The number of benzene rings is 16. The van der Waals surface area contributed by atoms with Crippen LogP contribution >= 0.6 is 0 Å². The van der Waals surface area contributed by atoms with Gasteiger partial charge in [0.15, 0.2) is 0 Å². The molecule has 2 fully saturated rings. The fraction of sp³-hybridized carbons (Fsp3) is 0.250. The first-order chi connectivity index (χ1) is 61.3. The Bertz CT molecular complexity index is 9100. The van der Waals surface area contributed by atoms with Gasteiger partial charge in [0.2, 0.25) is 0 Å². The summed E-state index contributed by atoms with van der Waals surface area (Å²) in [6, 6.07) is 35.0. The smallest absolute Gasteiger partial charge is 0.305 e. The fourth-order valence-corrected chi connectivity index (χ4v) is 42.2. The molecule has 4 spiro atoms. The highest BCUT2D eigenvalue weighted by Crippen LogP contribution is 3.01. The van der Waals surface area contributed by atoms with E-state index in [4.69, 9.17) is 9.47 Å². The second-order valence-corrected chi connectivity index (χ2v) is 44.6. The van der Waals surface area contributed by atoms with Gasteiger partial charge in [0.05, 0.1) is 14.2 Å². The minimum Gasteiger partial charge on any atom is -0.469 e. The molecule has 0 radical (unpaired) electrons. The number of methoxy groups -OCH3 is 2. The van der Waals surface area contributed by atoms with Crippen LogP contribution in [0.4, 0.5) is 0 Å². The second-order valence-electron chi connectivity index (χ2n) is 44.6. The third-order valence-corrected chi connectivity index (χ3v) is 43.1. The van der Waals surface area contributed by atoms with E-state index in [0.717, 1.165) is 51.4 Å². The molecule has 0 aromatic heterocycles. The van der Waals surface area contributed by atoms with Gasteiger partial charge in [-0.05, 0) is 404 Å². The molecule has 4 heteroatoms. The average molecular weight is 1570 g/mol. The summed E-state index contributed by atoms with van der Waals surface area (Å²) >= 11 is 0. The molecular weight excluding hydrogens is 1510 g/mol. The van der Waals surface area contributed by atoms with Crippen LogP contribution in [0.5, 0.6) is 0 Å². The molecule has 0 aliphatic heterocycles. The Kier molecular flexibility index (Phi) is 7.37. The fourth-order valence-electron chi connectivity index (χ4n) is 42.2. The lowest BCUT2D eigenvalue weighted by Gasteiger charge is -2.44. The predicted molar refractivity (Wildman–Crippen MR) is 488 cm³/mol. The van der Waals surface area contributed by atoms with Crippen LogP contribution in [0.3, 0.4) is 0 Å². The van der Waals surface area contributed by atoms with Crippen molar-refractivity contribution in [2.75, 3.05) is 14.2 Å². The van der Waals surface area contributed by atoms with E-state index >= 15 is 0 Å². The molecule has 18 unspecified atom stereocenters. The van der Waals surface area contributed by atoms with Crippen LogP contribution in [-0.4, -0.2) is 26.2 Å². The molecule has 0 N–H and O–H groups in total. The zero-order valence-electron chi connectivity index (χ0n) is 67.6. The normalized spacial score (nSPS) is 34.2. The van der Waals surface area contributed by atoms with Gasteiger partial charge < -0.3 is 9.47 Å². The largest absolute Gasteiger partial charge is 0.469 e. The summed E-state index contributed by atoms with van der Waals surface area (Å²) in [5.74, 6) is 4.39. The second kappa shape index (κ2) is 15.8. The van der Waals surface area contributed by atoms with Crippen molar-refractivity contribution in [3.05, 3.63) is 336 Å². The van der Waals surface area contributed by atoms with Crippen molar-refractivity contribution in [3.63, 3.8) is 0 Å². The first-order valence-corrected chi connectivity index (χ1v) is 47.4. The Morgan fingerprint density at radius 1 is 0.339 bits per heavy atom. The Morgan fingerprint density at radius 2 is 0.694 bits per heavy atom. The highest BCUT2D eigenvalue weighted by Gasteiger charge is 2.99. The minimum absolute atomic E-state index is 0.0756. The monoisotopic (exact) mass is 1570 g/mol. The number of hydrogen-bond acceptors (Lipinski definition) is 4. The molecule has 28 aliphatic carbocycles.